The number of rotatable bonds is 10. The van der Waals surface area contributed by atoms with E-state index in [0.717, 1.165) is 23.1 Å². The van der Waals surface area contributed by atoms with Gasteiger partial charge in [0.1, 0.15) is 0 Å². The highest BCUT2D eigenvalue weighted by atomic mass is 16.3. The zero-order chi connectivity index (χ0) is 21.3. The van der Waals surface area contributed by atoms with Gasteiger partial charge >= 0.3 is 0 Å². The molecule has 1 amide bonds. The summed E-state index contributed by atoms with van der Waals surface area (Å²) in [4.78, 5) is 13.3. The Morgan fingerprint density at radius 3 is 1.67 bits per heavy atom. The molecule has 0 unspecified atom stereocenters. The van der Waals surface area contributed by atoms with E-state index in [1.165, 1.54) is 0 Å². The third kappa shape index (κ3) is 6.26. The first-order valence-corrected chi connectivity index (χ1v) is 10.1. The number of hydrogen-bond acceptors (Lipinski definition) is 4. The van der Waals surface area contributed by atoms with Gasteiger partial charge in [-0.25, -0.2) is 0 Å². The van der Waals surface area contributed by atoms with Crippen molar-refractivity contribution in [2.45, 2.75) is 18.6 Å². The fourth-order valence-corrected chi connectivity index (χ4v) is 3.43. The molecule has 2 atom stereocenters. The van der Waals surface area contributed by atoms with Gasteiger partial charge in [0, 0.05) is 25.2 Å². The van der Waals surface area contributed by atoms with Gasteiger partial charge in [0.25, 0.3) is 0 Å². The molecule has 0 aliphatic carbocycles. The summed E-state index contributed by atoms with van der Waals surface area (Å²) in [5, 5.41) is 21.4. The van der Waals surface area contributed by atoms with Gasteiger partial charge < -0.3 is 15.9 Å². The maximum Gasteiger partial charge on any atom is 0.248 e. The largest absolute Gasteiger partial charge is 0.387 e. The van der Waals surface area contributed by atoms with E-state index in [1.54, 1.807) is 12.1 Å². The molecular formula is C25H28N2O3. The van der Waals surface area contributed by atoms with Crippen LogP contribution in [0.25, 0.3) is 0 Å². The lowest BCUT2D eigenvalue weighted by molar-refractivity contribution is 0.0694. The minimum Gasteiger partial charge on any atom is -0.387 e. The van der Waals surface area contributed by atoms with Gasteiger partial charge in [-0.3, -0.25) is 9.69 Å². The molecule has 3 aromatic carbocycles. The van der Waals surface area contributed by atoms with E-state index >= 15 is 0 Å². The molecule has 0 radical (unpaired) electrons. The van der Waals surface area contributed by atoms with Gasteiger partial charge in [-0.2, -0.15) is 0 Å². The number of aliphatic hydroxyl groups is 2. The Labute approximate surface area is 177 Å². The summed E-state index contributed by atoms with van der Waals surface area (Å²) >= 11 is 0. The van der Waals surface area contributed by atoms with Crippen LogP contribution in [0.1, 0.15) is 39.3 Å². The third-order valence-electron chi connectivity index (χ3n) is 5.19. The molecule has 0 saturated carbocycles. The van der Waals surface area contributed by atoms with Crippen molar-refractivity contribution in [3.63, 3.8) is 0 Å². The third-order valence-corrected chi connectivity index (χ3v) is 5.19. The van der Waals surface area contributed by atoms with Crippen LogP contribution in [0.2, 0.25) is 0 Å². The smallest absolute Gasteiger partial charge is 0.248 e. The predicted octanol–water partition coefficient (Wildman–Crippen LogP) is 3.10. The van der Waals surface area contributed by atoms with Gasteiger partial charge in [-0.1, -0.05) is 72.8 Å². The van der Waals surface area contributed by atoms with Gasteiger partial charge in [-0.15, -0.1) is 0 Å². The van der Waals surface area contributed by atoms with Crippen molar-refractivity contribution in [2.24, 2.45) is 5.73 Å². The molecule has 0 aromatic heterocycles. The van der Waals surface area contributed by atoms with Crippen LogP contribution in [0.15, 0.2) is 84.9 Å². The Hall–Kier alpha value is -2.99. The molecule has 0 heterocycles. The lowest BCUT2D eigenvalue weighted by Gasteiger charge is -2.27. The van der Waals surface area contributed by atoms with Crippen LogP contribution >= 0.6 is 0 Å². The molecule has 3 rings (SSSR count). The van der Waals surface area contributed by atoms with Crippen LogP contribution in [0, 0.1) is 0 Å². The van der Waals surface area contributed by atoms with E-state index in [-0.39, 0.29) is 0 Å². The fraction of sp³-hybridized carbons (Fsp3) is 0.240. The van der Waals surface area contributed by atoms with E-state index in [9.17, 15) is 15.0 Å². The normalized spacial score (nSPS) is 13.2. The number of nitrogens with zero attached hydrogens (tertiary/aromatic N) is 1. The zero-order valence-electron chi connectivity index (χ0n) is 16.9. The topological polar surface area (TPSA) is 86.8 Å². The molecule has 5 heteroatoms. The zero-order valence-corrected chi connectivity index (χ0v) is 16.9. The molecule has 3 aromatic rings. The van der Waals surface area contributed by atoms with Crippen LogP contribution in [-0.4, -0.2) is 40.7 Å². The quantitative estimate of drug-likeness (QED) is 0.485. The molecule has 0 aliphatic heterocycles. The molecular weight excluding hydrogens is 376 g/mol. The summed E-state index contributed by atoms with van der Waals surface area (Å²) in [6.45, 7) is 1.48. The van der Waals surface area contributed by atoms with E-state index in [4.69, 9.17) is 5.73 Å². The number of nitrogens with two attached hydrogens (primary N) is 1. The first-order chi connectivity index (χ1) is 14.5. The van der Waals surface area contributed by atoms with Crippen molar-refractivity contribution in [3.8, 4) is 0 Å². The number of amides is 1. The second-order valence-corrected chi connectivity index (χ2v) is 7.42. The predicted molar refractivity (Wildman–Crippen MR) is 118 cm³/mol. The minimum absolute atomic E-state index is 0.410. The maximum atomic E-state index is 11.2. The van der Waals surface area contributed by atoms with E-state index in [1.807, 2.05) is 72.8 Å². The number of aliphatic hydroxyl groups excluding tert-OH is 2. The lowest BCUT2D eigenvalue weighted by atomic mass is 10.1. The van der Waals surface area contributed by atoms with Crippen molar-refractivity contribution in [2.75, 3.05) is 19.6 Å². The summed E-state index contributed by atoms with van der Waals surface area (Å²) < 4.78 is 0. The molecule has 4 N–H and O–H groups in total. The Kier molecular flexibility index (Phi) is 7.74. The maximum absolute atomic E-state index is 11.2. The van der Waals surface area contributed by atoms with Gasteiger partial charge in [0.15, 0.2) is 0 Å². The number of carbonyl (C=O) groups is 1. The molecule has 0 aliphatic rings. The highest BCUT2D eigenvalue weighted by Gasteiger charge is 2.18. The minimum atomic E-state index is -0.647. The van der Waals surface area contributed by atoms with E-state index in [2.05, 4.69) is 4.90 Å². The van der Waals surface area contributed by atoms with Crippen LogP contribution in [0.5, 0.6) is 0 Å². The number of carbonyl (C=O) groups excluding carboxylic acids is 1. The van der Waals surface area contributed by atoms with Crippen molar-refractivity contribution >= 4 is 5.91 Å². The van der Waals surface area contributed by atoms with Crippen molar-refractivity contribution in [1.29, 1.82) is 0 Å². The highest BCUT2D eigenvalue weighted by Crippen LogP contribution is 2.19. The van der Waals surface area contributed by atoms with Gasteiger partial charge in [0.2, 0.25) is 5.91 Å². The first kappa shape index (κ1) is 21.7. The lowest BCUT2D eigenvalue weighted by Crippen LogP contribution is -2.34. The average Bonchev–Trinajstić information content (AvgIpc) is 2.78. The van der Waals surface area contributed by atoms with Gasteiger partial charge in [-0.05, 0) is 35.2 Å². The molecule has 0 spiro atoms. The van der Waals surface area contributed by atoms with Crippen molar-refractivity contribution < 1.29 is 15.0 Å². The van der Waals surface area contributed by atoms with Crippen LogP contribution in [0.3, 0.4) is 0 Å². The molecule has 0 fully saturated rings. The number of hydrogen-bond donors (Lipinski definition) is 3. The molecule has 156 valence electrons. The molecule has 0 saturated heterocycles. The van der Waals surface area contributed by atoms with E-state index in [0.29, 0.717) is 25.2 Å². The van der Waals surface area contributed by atoms with Crippen LogP contribution in [-0.2, 0) is 6.42 Å². The first-order valence-electron chi connectivity index (χ1n) is 10.1. The van der Waals surface area contributed by atoms with E-state index < -0.39 is 18.1 Å². The van der Waals surface area contributed by atoms with Crippen LogP contribution < -0.4 is 5.73 Å². The van der Waals surface area contributed by atoms with Crippen LogP contribution in [0.4, 0.5) is 0 Å². The Balaban J connectivity index is 1.68. The van der Waals surface area contributed by atoms with Crippen molar-refractivity contribution in [3.05, 3.63) is 107 Å². The second-order valence-electron chi connectivity index (χ2n) is 7.42. The summed E-state index contributed by atoms with van der Waals surface area (Å²) in [6, 6.07) is 26.3. The Morgan fingerprint density at radius 1 is 0.767 bits per heavy atom. The summed E-state index contributed by atoms with van der Waals surface area (Å²) in [5.74, 6) is -0.444. The molecule has 5 nitrogen and oxygen atoms in total. The number of primary amides is 1. The highest BCUT2D eigenvalue weighted by molar-refractivity contribution is 5.92. The summed E-state index contributed by atoms with van der Waals surface area (Å²) in [6.07, 6.45) is -0.569. The Bertz CT molecular complexity index is 867. The summed E-state index contributed by atoms with van der Waals surface area (Å²) in [5.41, 5.74) is 8.55. The fourth-order valence-electron chi connectivity index (χ4n) is 3.43. The summed E-state index contributed by atoms with van der Waals surface area (Å²) in [7, 11) is 0. The molecule has 30 heavy (non-hydrogen) atoms. The standard InChI is InChI=1S/C25H28N2O3/c26-25(30)22-13-11-19(12-14-22)15-16-27(17-23(28)20-7-3-1-4-8-20)18-24(29)21-9-5-2-6-10-21/h1-14,23-24,28-29H,15-18H2,(H2,26,30)/t23-,24-/m1/s1. The Morgan fingerprint density at radius 2 is 1.23 bits per heavy atom. The average molecular weight is 405 g/mol. The second kappa shape index (κ2) is 10.7. The SMILES string of the molecule is NC(=O)c1ccc(CCN(C[C@@H](O)c2ccccc2)C[C@@H](O)c2ccccc2)cc1. The molecule has 0 bridgehead atoms. The van der Waals surface area contributed by atoms with Crippen molar-refractivity contribution in [1.82, 2.24) is 4.90 Å². The number of benzene rings is 3. The monoisotopic (exact) mass is 404 g/mol. The van der Waals surface area contributed by atoms with Gasteiger partial charge in [0.05, 0.1) is 12.2 Å².